The summed E-state index contributed by atoms with van der Waals surface area (Å²) in [5.41, 5.74) is 0.952. The minimum absolute atomic E-state index is 0.0241. The first-order valence-corrected chi connectivity index (χ1v) is 4.40. The molecule has 0 radical (unpaired) electrons. The van der Waals surface area contributed by atoms with Crippen molar-refractivity contribution in [3.8, 4) is 5.75 Å². The molecule has 0 saturated heterocycles. The van der Waals surface area contributed by atoms with E-state index in [2.05, 4.69) is 0 Å². The van der Waals surface area contributed by atoms with Crippen LogP contribution in [-0.2, 0) is 4.74 Å². The van der Waals surface area contributed by atoms with Gasteiger partial charge in [0.25, 0.3) is 0 Å². The number of para-hydroxylation sites is 1. The van der Waals surface area contributed by atoms with E-state index in [1.807, 2.05) is 24.3 Å². The maximum absolute atomic E-state index is 8.48. The van der Waals surface area contributed by atoms with Crippen molar-refractivity contribution in [2.75, 3.05) is 20.3 Å². The summed E-state index contributed by atoms with van der Waals surface area (Å²) in [4.78, 5) is 0. The number of hydrogen-bond acceptors (Lipinski definition) is 3. The second-order valence-electron chi connectivity index (χ2n) is 2.64. The standard InChI is InChI=1S/C11H14O3/c1-13-11-5-3-2-4-10(11)6-8-14-9-7-12/h2-6,8,12H,7,9H2,1H3/b8-6+. The summed E-state index contributed by atoms with van der Waals surface area (Å²) in [7, 11) is 1.63. The lowest BCUT2D eigenvalue weighted by molar-refractivity contribution is 0.167. The zero-order valence-corrected chi connectivity index (χ0v) is 8.14. The van der Waals surface area contributed by atoms with Gasteiger partial charge >= 0.3 is 0 Å². The van der Waals surface area contributed by atoms with Gasteiger partial charge in [0, 0.05) is 5.56 Å². The Morgan fingerprint density at radius 2 is 2.14 bits per heavy atom. The van der Waals surface area contributed by atoms with E-state index in [0.29, 0.717) is 6.61 Å². The van der Waals surface area contributed by atoms with Gasteiger partial charge in [0.2, 0.25) is 0 Å². The zero-order valence-electron chi connectivity index (χ0n) is 8.14. The first-order valence-electron chi connectivity index (χ1n) is 4.40. The Bertz CT molecular complexity index is 294. The molecule has 76 valence electrons. The van der Waals surface area contributed by atoms with E-state index in [9.17, 15) is 0 Å². The molecule has 0 aromatic heterocycles. The Morgan fingerprint density at radius 3 is 2.86 bits per heavy atom. The fourth-order valence-corrected chi connectivity index (χ4v) is 1.05. The summed E-state index contributed by atoms with van der Waals surface area (Å²) in [6.45, 7) is 0.335. The molecule has 0 unspecified atom stereocenters. The number of rotatable bonds is 5. The second-order valence-corrected chi connectivity index (χ2v) is 2.64. The van der Waals surface area contributed by atoms with Gasteiger partial charge in [-0.15, -0.1) is 0 Å². The smallest absolute Gasteiger partial charge is 0.126 e. The molecule has 0 saturated carbocycles. The Labute approximate surface area is 83.6 Å². The third kappa shape index (κ3) is 3.11. The molecule has 3 nitrogen and oxygen atoms in total. The van der Waals surface area contributed by atoms with Crippen LogP contribution in [-0.4, -0.2) is 25.4 Å². The molecule has 1 aromatic carbocycles. The Balaban J connectivity index is 2.61. The van der Waals surface area contributed by atoms with Crippen LogP contribution >= 0.6 is 0 Å². The maximum atomic E-state index is 8.48. The van der Waals surface area contributed by atoms with Gasteiger partial charge in [-0.05, 0) is 12.1 Å². The lowest BCUT2D eigenvalue weighted by Crippen LogP contribution is -1.92. The van der Waals surface area contributed by atoms with Gasteiger partial charge < -0.3 is 14.6 Å². The van der Waals surface area contributed by atoms with Crippen LogP contribution in [0.2, 0.25) is 0 Å². The quantitative estimate of drug-likeness (QED) is 0.572. The Morgan fingerprint density at radius 1 is 1.36 bits per heavy atom. The largest absolute Gasteiger partial charge is 0.499 e. The predicted molar refractivity (Wildman–Crippen MR) is 55.1 cm³/mol. The van der Waals surface area contributed by atoms with Gasteiger partial charge in [-0.2, -0.15) is 0 Å². The van der Waals surface area contributed by atoms with E-state index in [1.165, 1.54) is 0 Å². The summed E-state index contributed by atoms with van der Waals surface area (Å²) in [5, 5.41) is 8.48. The van der Waals surface area contributed by atoms with Crippen molar-refractivity contribution in [1.29, 1.82) is 0 Å². The molecule has 0 bridgehead atoms. The van der Waals surface area contributed by atoms with E-state index in [4.69, 9.17) is 14.6 Å². The molecule has 0 aliphatic carbocycles. The fraction of sp³-hybridized carbons (Fsp3) is 0.273. The highest BCUT2D eigenvalue weighted by Crippen LogP contribution is 2.18. The first-order chi connectivity index (χ1) is 6.88. The lowest BCUT2D eigenvalue weighted by atomic mass is 10.2. The summed E-state index contributed by atoms with van der Waals surface area (Å²) >= 11 is 0. The van der Waals surface area contributed by atoms with Gasteiger partial charge in [0.1, 0.15) is 12.4 Å². The van der Waals surface area contributed by atoms with Crippen LogP contribution in [0.25, 0.3) is 6.08 Å². The molecule has 0 amide bonds. The maximum Gasteiger partial charge on any atom is 0.126 e. The highest BCUT2D eigenvalue weighted by atomic mass is 16.5. The highest BCUT2D eigenvalue weighted by molar-refractivity contribution is 5.56. The fourth-order valence-electron chi connectivity index (χ4n) is 1.05. The van der Waals surface area contributed by atoms with Crippen LogP contribution in [0.5, 0.6) is 5.75 Å². The summed E-state index contributed by atoms with van der Waals surface area (Å²) in [6.07, 6.45) is 3.35. The number of aliphatic hydroxyl groups excluding tert-OH is 1. The zero-order chi connectivity index (χ0) is 10.2. The third-order valence-electron chi connectivity index (χ3n) is 1.69. The van der Waals surface area contributed by atoms with Gasteiger partial charge in [-0.3, -0.25) is 0 Å². The number of aliphatic hydroxyl groups is 1. The molecule has 3 heteroatoms. The lowest BCUT2D eigenvalue weighted by Gasteiger charge is -2.03. The topological polar surface area (TPSA) is 38.7 Å². The number of methoxy groups -OCH3 is 1. The van der Waals surface area contributed by atoms with Crippen molar-refractivity contribution in [3.63, 3.8) is 0 Å². The van der Waals surface area contributed by atoms with Gasteiger partial charge in [-0.1, -0.05) is 18.2 Å². The molecule has 1 rings (SSSR count). The molecule has 0 aliphatic heterocycles. The molecule has 14 heavy (non-hydrogen) atoms. The van der Waals surface area contributed by atoms with E-state index < -0.39 is 0 Å². The molecule has 0 aliphatic rings. The van der Waals surface area contributed by atoms with Crippen LogP contribution in [0.3, 0.4) is 0 Å². The Kier molecular flexibility index (Phi) is 4.58. The van der Waals surface area contributed by atoms with Crippen molar-refractivity contribution < 1.29 is 14.6 Å². The van der Waals surface area contributed by atoms with Gasteiger partial charge in [-0.25, -0.2) is 0 Å². The monoisotopic (exact) mass is 194 g/mol. The molecular weight excluding hydrogens is 180 g/mol. The molecule has 0 spiro atoms. The van der Waals surface area contributed by atoms with Crippen LogP contribution < -0.4 is 4.74 Å². The molecule has 1 aromatic rings. The molecular formula is C11H14O3. The minimum Gasteiger partial charge on any atom is -0.499 e. The van der Waals surface area contributed by atoms with Crippen molar-refractivity contribution in [2.24, 2.45) is 0 Å². The average molecular weight is 194 g/mol. The van der Waals surface area contributed by atoms with Crippen LogP contribution in [0, 0.1) is 0 Å². The van der Waals surface area contributed by atoms with Crippen molar-refractivity contribution >= 4 is 6.08 Å². The van der Waals surface area contributed by atoms with Crippen LogP contribution in [0.1, 0.15) is 5.56 Å². The number of hydrogen-bond donors (Lipinski definition) is 1. The van der Waals surface area contributed by atoms with Gasteiger partial charge in [0.05, 0.1) is 20.0 Å². The van der Waals surface area contributed by atoms with E-state index in [1.54, 1.807) is 19.4 Å². The number of ether oxygens (including phenoxy) is 2. The van der Waals surface area contributed by atoms with Crippen LogP contribution in [0.4, 0.5) is 0 Å². The second kappa shape index (κ2) is 6.05. The van der Waals surface area contributed by atoms with E-state index in [0.717, 1.165) is 11.3 Å². The highest BCUT2D eigenvalue weighted by Gasteiger charge is 1.95. The molecule has 1 N–H and O–H groups in total. The van der Waals surface area contributed by atoms with Crippen molar-refractivity contribution in [2.45, 2.75) is 0 Å². The third-order valence-corrected chi connectivity index (χ3v) is 1.69. The normalized spacial score (nSPS) is 10.4. The Hall–Kier alpha value is -1.48. The SMILES string of the molecule is COc1ccccc1/C=C/OCCO. The minimum atomic E-state index is 0.0241. The number of benzene rings is 1. The van der Waals surface area contributed by atoms with Crippen LogP contribution in [0.15, 0.2) is 30.5 Å². The summed E-state index contributed by atoms with van der Waals surface area (Å²) in [5.74, 6) is 0.802. The van der Waals surface area contributed by atoms with E-state index >= 15 is 0 Å². The van der Waals surface area contributed by atoms with E-state index in [-0.39, 0.29) is 6.61 Å². The predicted octanol–water partition coefficient (Wildman–Crippen LogP) is 1.67. The summed E-state index contributed by atoms with van der Waals surface area (Å²) < 4.78 is 10.1. The van der Waals surface area contributed by atoms with Crippen molar-refractivity contribution in [1.82, 2.24) is 0 Å². The molecule has 0 atom stereocenters. The van der Waals surface area contributed by atoms with Crippen molar-refractivity contribution in [3.05, 3.63) is 36.1 Å². The van der Waals surface area contributed by atoms with Gasteiger partial charge in [0.15, 0.2) is 0 Å². The molecule has 0 heterocycles. The molecule has 0 fully saturated rings. The summed E-state index contributed by atoms with van der Waals surface area (Å²) in [6, 6.07) is 7.64. The average Bonchev–Trinajstić information content (AvgIpc) is 2.25. The first kappa shape index (κ1) is 10.6.